The van der Waals surface area contributed by atoms with E-state index in [1.165, 1.54) is 0 Å². The monoisotopic (exact) mass is 195 g/mol. The molecule has 0 saturated carbocycles. The molecule has 0 unspecified atom stereocenters. The highest BCUT2D eigenvalue weighted by Crippen LogP contribution is 2.03. The Morgan fingerprint density at radius 1 is 1.64 bits per heavy atom. The normalized spacial score (nSPS) is 11.9. The lowest BCUT2D eigenvalue weighted by molar-refractivity contribution is -0.118. The van der Waals surface area contributed by atoms with Crippen LogP contribution in [-0.2, 0) is 4.79 Å². The number of hydrogen-bond acceptors (Lipinski definition) is 1. The summed E-state index contributed by atoms with van der Waals surface area (Å²) in [6, 6.07) is 0. The lowest BCUT2D eigenvalue weighted by Crippen LogP contribution is -2.27. The van der Waals surface area contributed by atoms with Crippen LogP contribution in [-0.4, -0.2) is 10.7 Å². The Kier molecular flexibility index (Phi) is 5.34. The molecule has 0 bridgehead atoms. The lowest BCUT2D eigenvalue weighted by atomic mass is 10.3. The summed E-state index contributed by atoms with van der Waals surface area (Å²) in [4.78, 5) is 9.87. The van der Waals surface area contributed by atoms with E-state index >= 15 is 0 Å². The van der Waals surface area contributed by atoms with Crippen LogP contribution in [0.2, 0.25) is 0 Å². The molecule has 1 N–H and O–H groups in total. The Bertz CT molecular complexity index is 166. The van der Waals surface area contributed by atoms with E-state index in [0.717, 1.165) is 12.1 Å². The molecule has 64 valence electrons. The van der Waals surface area contributed by atoms with Gasteiger partial charge >= 0.3 is 0 Å². The van der Waals surface area contributed by atoms with Crippen molar-refractivity contribution in [1.82, 2.24) is 5.32 Å². The van der Waals surface area contributed by atoms with Gasteiger partial charge in [-0.05, 0) is 13.3 Å². The molecule has 0 saturated heterocycles. The van der Waals surface area contributed by atoms with Gasteiger partial charge in [-0.15, -0.1) is 0 Å². The van der Waals surface area contributed by atoms with E-state index in [9.17, 15) is 4.79 Å². The first-order valence-corrected chi connectivity index (χ1v) is 4.23. The molecule has 1 amide bonds. The Labute approximate surface area is 76.6 Å². The number of hydrogen-bond donors (Lipinski definition) is 1. The number of nitrogens with one attached hydrogen (secondary N) is 1. The van der Waals surface area contributed by atoms with Crippen LogP contribution >= 0.6 is 23.2 Å². The maximum absolute atomic E-state index is 10.9. The summed E-state index contributed by atoms with van der Waals surface area (Å²) in [5.74, 6) is -0.372. The second-order valence-electron chi connectivity index (χ2n) is 1.96. The molecule has 4 heteroatoms. The Morgan fingerprint density at radius 2 is 2.18 bits per heavy atom. The van der Waals surface area contributed by atoms with Gasteiger partial charge in [0.15, 0.2) is 4.84 Å². The smallest absolute Gasteiger partial charge is 0.257 e. The average Bonchev–Trinajstić information content (AvgIpc) is 1.99. The van der Waals surface area contributed by atoms with Crippen LogP contribution in [0.4, 0.5) is 0 Å². The van der Waals surface area contributed by atoms with Crippen molar-refractivity contribution < 1.29 is 4.79 Å². The molecular weight excluding hydrogens is 185 g/mol. The highest BCUT2D eigenvalue weighted by atomic mass is 35.5. The van der Waals surface area contributed by atoms with E-state index in [-0.39, 0.29) is 5.91 Å². The molecule has 0 aliphatic carbocycles. The average molecular weight is 196 g/mol. The number of allylic oxidation sites excluding steroid dienone is 2. The van der Waals surface area contributed by atoms with Crippen molar-refractivity contribution >= 4 is 29.1 Å². The Balaban J connectivity index is 3.93. The number of carbonyl (C=O) groups excluding carboxylic acids is 1. The number of rotatable bonds is 3. The van der Waals surface area contributed by atoms with Crippen molar-refractivity contribution in [2.75, 3.05) is 0 Å². The van der Waals surface area contributed by atoms with E-state index in [2.05, 4.69) is 5.32 Å². The maximum Gasteiger partial charge on any atom is 0.257 e. The molecule has 0 atom stereocenters. The molecular formula is C7H11Cl2NO. The molecule has 0 heterocycles. The maximum atomic E-state index is 10.9. The lowest BCUT2D eigenvalue weighted by Gasteiger charge is -2.06. The Morgan fingerprint density at radius 3 is 2.45 bits per heavy atom. The highest BCUT2D eigenvalue weighted by Gasteiger charge is 2.10. The van der Waals surface area contributed by atoms with E-state index < -0.39 is 4.84 Å². The summed E-state index contributed by atoms with van der Waals surface area (Å²) < 4.78 is 0. The third-order valence-electron chi connectivity index (χ3n) is 1.21. The SMILES string of the molecule is CC=C(CC)NC(=O)C(Cl)Cl. The van der Waals surface area contributed by atoms with E-state index in [1.54, 1.807) is 0 Å². The molecule has 0 aromatic carbocycles. The topological polar surface area (TPSA) is 29.1 Å². The van der Waals surface area contributed by atoms with Gasteiger partial charge < -0.3 is 5.32 Å². The van der Waals surface area contributed by atoms with Crippen LogP contribution in [0.3, 0.4) is 0 Å². The first-order valence-electron chi connectivity index (χ1n) is 3.36. The molecule has 0 aromatic rings. The number of halogens is 2. The molecule has 11 heavy (non-hydrogen) atoms. The number of alkyl halides is 2. The largest absolute Gasteiger partial charge is 0.328 e. The van der Waals surface area contributed by atoms with Gasteiger partial charge in [-0.25, -0.2) is 0 Å². The fraction of sp³-hybridized carbons (Fsp3) is 0.571. The first-order chi connectivity index (χ1) is 5.11. The molecule has 0 aromatic heterocycles. The predicted octanol–water partition coefficient (Wildman–Crippen LogP) is 2.22. The van der Waals surface area contributed by atoms with Crippen molar-refractivity contribution in [1.29, 1.82) is 0 Å². The number of carbonyl (C=O) groups is 1. The second kappa shape index (κ2) is 5.44. The summed E-state index contributed by atoms with van der Waals surface area (Å²) >= 11 is 10.6. The van der Waals surface area contributed by atoms with Gasteiger partial charge in [-0.1, -0.05) is 36.2 Å². The number of amides is 1. The summed E-state index contributed by atoms with van der Waals surface area (Å²) in [5, 5.41) is 2.57. The summed E-state index contributed by atoms with van der Waals surface area (Å²) in [7, 11) is 0. The minimum Gasteiger partial charge on any atom is -0.328 e. The summed E-state index contributed by atoms with van der Waals surface area (Å²) in [5.41, 5.74) is 0.835. The van der Waals surface area contributed by atoms with Crippen LogP contribution in [0.15, 0.2) is 11.8 Å². The van der Waals surface area contributed by atoms with Crippen LogP contribution in [0.1, 0.15) is 20.3 Å². The fourth-order valence-corrected chi connectivity index (χ4v) is 0.687. The predicted molar refractivity (Wildman–Crippen MR) is 47.7 cm³/mol. The van der Waals surface area contributed by atoms with E-state index in [4.69, 9.17) is 23.2 Å². The van der Waals surface area contributed by atoms with Gasteiger partial charge in [0.2, 0.25) is 0 Å². The van der Waals surface area contributed by atoms with Crippen molar-refractivity contribution in [3.8, 4) is 0 Å². The zero-order valence-electron chi connectivity index (χ0n) is 6.53. The Hall–Kier alpha value is -0.210. The van der Waals surface area contributed by atoms with Crippen LogP contribution < -0.4 is 5.32 Å². The fourth-order valence-electron chi connectivity index (χ4n) is 0.577. The van der Waals surface area contributed by atoms with Crippen LogP contribution in [0.25, 0.3) is 0 Å². The van der Waals surface area contributed by atoms with Crippen molar-refractivity contribution in [3.63, 3.8) is 0 Å². The molecule has 0 radical (unpaired) electrons. The summed E-state index contributed by atoms with van der Waals surface area (Å²) in [6.07, 6.45) is 2.58. The van der Waals surface area contributed by atoms with Gasteiger partial charge in [0.25, 0.3) is 5.91 Å². The third-order valence-corrected chi connectivity index (χ3v) is 1.61. The zero-order chi connectivity index (χ0) is 8.85. The molecule has 0 aliphatic rings. The quantitative estimate of drug-likeness (QED) is 0.689. The molecule has 0 fully saturated rings. The van der Waals surface area contributed by atoms with E-state index in [1.807, 2.05) is 19.9 Å². The van der Waals surface area contributed by atoms with Gasteiger partial charge in [0, 0.05) is 5.70 Å². The van der Waals surface area contributed by atoms with Crippen molar-refractivity contribution in [2.45, 2.75) is 25.1 Å². The van der Waals surface area contributed by atoms with E-state index in [0.29, 0.717) is 0 Å². The minimum absolute atomic E-state index is 0.372. The molecule has 0 aliphatic heterocycles. The third kappa shape index (κ3) is 4.27. The summed E-state index contributed by atoms with van der Waals surface area (Å²) in [6.45, 7) is 3.78. The van der Waals surface area contributed by atoms with Crippen molar-refractivity contribution in [2.24, 2.45) is 0 Å². The first kappa shape index (κ1) is 10.8. The van der Waals surface area contributed by atoms with Gasteiger partial charge in [-0.2, -0.15) is 0 Å². The van der Waals surface area contributed by atoms with Gasteiger partial charge in [0.1, 0.15) is 0 Å². The van der Waals surface area contributed by atoms with Crippen LogP contribution in [0.5, 0.6) is 0 Å². The van der Waals surface area contributed by atoms with Crippen molar-refractivity contribution in [3.05, 3.63) is 11.8 Å². The molecule has 0 spiro atoms. The second-order valence-corrected chi connectivity index (χ2v) is 3.05. The van der Waals surface area contributed by atoms with Gasteiger partial charge in [-0.3, -0.25) is 4.79 Å². The molecule has 2 nitrogen and oxygen atoms in total. The minimum atomic E-state index is -0.989. The van der Waals surface area contributed by atoms with Crippen LogP contribution in [0, 0.1) is 0 Å². The highest BCUT2D eigenvalue weighted by molar-refractivity contribution is 6.53. The van der Waals surface area contributed by atoms with Gasteiger partial charge in [0.05, 0.1) is 0 Å². The standard InChI is InChI=1S/C7H11Cl2NO/c1-3-5(4-2)10-7(11)6(8)9/h3,6H,4H2,1-2H3,(H,10,11). The molecule has 0 rings (SSSR count). The zero-order valence-corrected chi connectivity index (χ0v) is 8.04.